The second-order valence-corrected chi connectivity index (χ2v) is 7.39. The van der Waals surface area contributed by atoms with Gasteiger partial charge in [-0.2, -0.15) is 0 Å². The molecule has 164 valence electrons. The number of carbonyl (C=O) groups is 2. The number of hydrogen-bond donors (Lipinski definition) is 1. The van der Waals surface area contributed by atoms with Crippen molar-refractivity contribution in [2.24, 2.45) is 0 Å². The van der Waals surface area contributed by atoms with Crippen molar-refractivity contribution in [3.05, 3.63) is 65.5 Å². The number of pyridine rings is 1. The van der Waals surface area contributed by atoms with Gasteiger partial charge in [0.15, 0.2) is 0 Å². The van der Waals surface area contributed by atoms with Crippen LogP contribution in [0, 0.1) is 0 Å². The van der Waals surface area contributed by atoms with Crippen molar-refractivity contribution in [1.82, 2.24) is 14.8 Å². The van der Waals surface area contributed by atoms with Crippen LogP contribution in [0.25, 0.3) is 5.76 Å². The lowest BCUT2D eigenvalue weighted by atomic mass is 9.96. The molecular weight excluding hydrogens is 394 g/mol. The predicted molar refractivity (Wildman–Crippen MR) is 119 cm³/mol. The first-order chi connectivity index (χ1) is 15.0. The monoisotopic (exact) mass is 423 g/mol. The number of benzene rings is 1. The number of aliphatic hydroxyl groups is 1. The molecule has 3 rings (SSSR count). The first-order valence-electron chi connectivity index (χ1n) is 10.6. The summed E-state index contributed by atoms with van der Waals surface area (Å²) in [7, 11) is 1.53. The number of aliphatic hydroxyl groups excluding tert-OH is 1. The molecule has 7 nitrogen and oxygen atoms in total. The second-order valence-electron chi connectivity index (χ2n) is 7.39. The smallest absolute Gasteiger partial charge is 0.295 e. The van der Waals surface area contributed by atoms with E-state index in [2.05, 4.69) is 23.7 Å². The van der Waals surface area contributed by atoms with Crippen LogP contribution in [0.15, 0.2) is 54.4 Å². The highest BCUT2D eigenvalue weighted by atomic mass is 16.5. The Morgan fingerprint density at radius 2 is 1.87 bits per heavy atom. The molecule has 2 aromatic rings. The van der Waals surface area contributed by atoms with Crippen LogP contribution in [-0.2, 0) is 9.59 Å². The molecule has 0 aliphatic carbocycles. The zero-order valence-electron chi connectivity index (χ0n) is 18.2. The molecule has 1 aromatic carbocycles. The molecule has 0 spiro atoms. The van der Waals surface area contributed by atoms with E-state index in [1.807, 2.05) is 0 Å². The molecule has 1 aliphatic rings. The van der Waals surface area contributed by atoms with Crippen molar-refractivity contribution < 1.29 is 19.4 Å². The lowest BCUT2D eigenvalue weighted by Gasteiger charge is -2.26. The Balaban J connectivity index is 2.01. The summed E-state index contributed by atoms with van der Waals surface area (Å²) in [5, 5.41) is 11.1. The third-order valence-electron chi connectivity index (χ3n) is 5.67. The number of Topliss-reactive ketones (excluding diaryl/α,β-unsaturated/α-hetero) is 1. The number of hydrogen-bond acceptors (Lipinski definition) is 6. The average molecular weight is 424 g/mol. The number of methoxy groups -OCH3 is 1. The Labute approximate surface area is 183 Å². The molecular formula is C24H29N3O4. The van der Waals surface area contributed by atoms with Gasteiger partial charge in [0, 0.05) is 24.5 Å². The molecule has 0 radical (unpaired) electrons. The Bertz CT molecular complexity index is 954. The van der Waals surface area contributed by atoms with Crippen molar-refractivity contribution in [1.29, 1.82) is 0 Å². The minimum atomic E-state index is -0.676. The fraction of sp³-hybridized carbons (Fsp3) is 0.375. The SMILES string of the molecule is CCN(CC)CCCN1C(=O)C(=O)C(=C(O)c2cccc(OC)c2)[C@@H]1c1ccncc1. The van der Waals surface area contributed by atoms with Crippen LogP contribution in [0.5, 0.6) is 5.75 Å². The molecule has 0 saturated carbocycles. The molecule has 0 bridgehead atoms. The van der Waals surface area contributed by atoms with E-state index in [4.69, 9.17) is 4.74 Å². The lowest BCUT2D eigenvalue weighted by molar-refractivity contribution is -0.140. The maximum absolute atomic E-state index is 13.0. The number of likely N-dealkylation sites (tertiary alicyclic amines) is 1. The fourth-order valence-corrected chi connectivity index (χ4v) is 3.93. The number of ether oxygens (including phenoxy) is 1. The van der Waals surface area contributed by atoms with Gasteiger partial charge in [-0.1, -0.05) is 26.0 Å². The van der Waals surface area contributed by atoms with E-state index in [0.717, 1.165) is 31.6 Å². The molecule has 1 amide bonds. The highest BCUT2D eigenvalue weighted by Gasteiger charge is 2.45. The van der Waals surface area contributed by atoms with E-state index >= 15 is 0 Å². The minimum absolute atomic E-state index is 0.0901. The van der Waals surface area contributed by atoms with Gasteiger partial charge in [-0.15, -0.1) is 0 Å². The molecule has 1 aromatic heterocycles. The van der Waals surface area contributed by atoms with Crippen LogP contribution >= 0.6 is 0 Å². The molecule has 2 heterocycles. The summed E-state index contributed by atoms with van der Waals surface area (Å²) in [6, 6.07) is 9.70. The van der Waals surface area contributed by atoms with Gasteiger partial charge < -0.3 is 19.6 Å². The van der Waals surface area contributed by atoms with E-state index in [1.165, 1.54) is 7.11 Å². The molecule has 7 heteroatoms. The number of nitrogens with zero attached hydrogens (tertiary/aromatic N) is 3. The third-order valence-corrected chi connectivity index (χ3v) is 5.67. The van der Waals surface area contributed by atoms with Gasteiger partial charge in [-0.25, -0.2) is 0 Å². The number of rotatable bonds is 9. The summed E-state index contributed by atoms with van der Waals surface area (Å²) in [5.74, 6) is -0.918. The highest BCUT2D eigenvalue weighted by Crippen LogP contribution is 2.39. The second kappa shape index (κ2) is 10.2. The van der Waals surface area contributed by atoms with Gasteiger partial charge in [-0.05, 0) is 55.9 Å². The summed E-state index contributed by atoms with van der Waals surface area (Å²) in [5.41, 5.74) is 1.26. The molecule has 1 saturated heterocycles. The summed E-state index contributed by atoms with van der Waals surface area (Å²) >= 11 is 0. The maximum Gasteiger partial charge on any atom is 0.295 e. The highest BCUT2D eigenvalue weighted by molar-refractivity contribution is 6.46. The number of carbonyl (C=O) groups excluding carboxylic acids is 2. The Kier molecular flexibility index (Phi) is 7.41. The van der Waals surface area contributed by atoms with Gasteiger partial charge in [-0.3, -0.25) is 14.6 Å². The normalized spacial score (nSPS) is 18.1. The quantitative estimate of drug-likeness (QED) is 0.379. The Morgan fingerprint density at radius 1 is 1.16 bits per heavy atom. The van der Waals surface area contributed by atoms with E-state index in [9.17, 15) is 14.7 Å². The van der Waals surface area contributed by atoms with Crippen molar-refractivity contribution >= 4 is 17.4 Å². The van der Waals surface area contributed by atoms with Crippen LogP contribution < -0.4 is 4.74 Å². The van der Waals surface area contributed by atoms with E-state index in [1.54, 1.807) is 53.7 Å². The van der Waals surface area contributed by atoms with Gasteiger partial charge in [0.1, 0.15) is 11.5 Å². The van der Waals surface area contributed by atoms with Crippen LogP contribution in [-0.4, -0.2) is 64.9 Å². The van der Waals surface area contributed by atoms with Gasteiger partial charge in [0.2, 0.25) is 0 Å². The van der Waals surface area contributed by atoms with E-state index in [-0.39, 0.29) is 11.3 Å². The third kappa shape index (κ3) is 4.77. The van der Waals surface area contributed by atoms with E-state index in [0.29, 0.717) is 17.9 Å². The molecule has 0 unspecified atom stereocenters. The van der Waals surface area contributed by atoms with Crippen molar-refractivity contribution in [3.8, 4) is 5.75 Å². The minimum Gasteiger partial charge on any atom is -0.507 e. The first kappa shape index (κ1) is 22.5. The summed E-state index contributed by atoms with van der Waals surface area (Å²) < 4.78 is 5.24. The topological polar surface area (TPSA) is 83.0 Å². The fourth-order valence-electron chi connectivity index (χ4n) is 3.93. The Morgan fingerprint density at radius 3 is 2.52 bits per heavy atom. The number of amides is 1. The molecule has 1 atom stereocenters. The van der Waals surface area contributed by atoms with E-state index < -0.39 is 17.7 Å². The summed E-state index contributed by atoms with van der Waals surface area (Å²) in [6.07, 6.45) is 3.98. The number of ketones is 1. The first-order valence-corrected chi connectivity index (χ1v) is 10.6. The maximum atomic E-state index is 13.0. The molecule has 31 heavy (non-hydrogen) atoms. The predicted octanol–water partition coefficient (Wildman–Crippen LogP) is 3.24. The zero-order chi connectivity index (χ0) is 22.4. The standard InChI is InChI=1S/C24H29N3O4/c1-4-26(5-2)14-7-15-27-21(17-10-12-25-13-11-17)20(23(29)24(27)30)22(28)18-8-6-9-19(16-18)31-3/h6,8-13,16,21,28H,4-5,7,14-15H2,1-3H3/t21-/m0/s1. The average Bonchev–Trinajstić information content (AvgIpc) is 3.07. The van der Waals surface area contributed by atoms with Crippen LogP contribution in [0.3, 0.4) is 0 Å². The van der Waals surface area contributed by atoms with Crippen LogP contribution in [0.4, 0.5) is 0 Å². The van der Waals surface area contributed by atoms with Gasteiger partial charge in [0.05, 0.1) is 18.7 Å². The van der Waals surface area contributed by atoms with Crippen LogP contribution in [0.2, 0.25) is 0 Å². The van der Waals surface area contributed by atoms with Gasteiger partial charge in [0.25, 0.3) is 11.7 Å². The Hall–Kier alpha value is -3.19. The summed E-state index contributed by atoms with van der Waals surface area (Å²) in [4.78, 5) is 33.8. The van der Waals surface area contributed by atoms with Crippen molar-refractivity contribution in [2.45, 2.75) is 26.3 Å². The largest absolute Gasteiger partial charge is 0.507 e. The summed E-state index contributed by atoms with van der Waals surface area (Å²) in [6.45, 7) is 7.30. The molecule has 1 N–H and O–H groups in total. The molecule has 1 fully saturated rings. The molecule has 1 aliphatic heterocycles. The van der Waals surface area contributed by atoms with Crippen molar-refractivity contribution in [3.63, 3.8) is 0 Å². The van der Waals surface area contributed by atoms with Gasteiger partial charge >= 0.3 is 0 Å². The zero-order valence-corrected chi connectivity index (χ0v) is 18.2. The number of aromatic nitrogens is 1. The van der Waals surface area contributed by atoms with Crippen molar-refractivity contribution in [2.75, 3.05) is 33.3 Å². The lowest BCUT2D eigenvalue weighted by Crippen LogP contribution is -2.33. The van der Waals surface area contributed by atoms with Crippen LogP contribution in [0.1, 0.15) is 37.4 Å².